The van der Waals surface area contributed by atoms with E-state index in [1.807, 2.05) is 42.4 Å². The Kier molecular flexibility index (Phi) is 6.90. The number of fused-ring (bicyclic) bond motifs is 1. The number of nitrogens with one attached hydrogen (secondary N) is 2. The second-order valence-electron chi connectivity index (χ2n) is 10.5. The Bertz CT molecular complexity index is 1480. The van der Waals surface area contributed by atoms with Crippen LogP contribution in [0.3, 0.4) is 0 Å². The van der Waals surface area contributed by atoms with Crippen molar-refractivity contribution in [2.45, 2.75) is 44.8 Å². The highest BCUT2D eigenvalue weighted by molar-refractivity contribution is 5.98. The number of hydrogen-bond acceptors (Lipinski definition) is 5. The Morgan fingerprint density at radius 1 is 1.03 bits per heavy atom. The van der Waals surface area contributed by atoms with Crippen LogP contribution in [-0.4, -0.2) is 37.5 Å². The second-order valence-corrected chi connectivity index (χ2v) is 10.5. The molecule has 39 heavy (non-hydrogen) atoms. The summed E-state index contributed by atoms with van der Waals surface area (Å²) >= 11 is 0. The molecule has 2 unspecified atom stereocenters. The lowest BCUT2D eigenvalue weighted by Gasteiger charge is -2.26. The van der Waals surface area contributed by atoms with Gasteiger partial charge in [0.25, 0.3) is 5.91 Å². The number of amides is 1. The minimum absolute atomic E-state index is 0.0344. The third-order valence-corrected chi connectivity index (χ3v) is 7.81. The van der Waals surface area contributed by atoms with Crippen molar-refractivity contribution >= 4 is 29.1 Å². The lowest BCUT2D eigenvalue weighted by atomic mass is 9.86. The number of aryl methyl sites for hydroxylation is 1. The molecule has 3 aromatic carbocycles. The molecule has 0 aromatic heterocycles. The average molecular weight is 518 g/mol. The van der Waals surface area contributed by atoms with E-state index < -0.39 is 6.17 Å². The van der Waals surface area contributed by atoms with Crippen molar-refractivity contribution in [2.75, 3.05) is 18.0 Å². The number of likely N-dealkylation sites (N-methyl/N-ethyl adjacent to an activating group) is 1. The van der Waals surface area contributed by atoms with Gasteiger partial charge in [0, 0.05) is 29.8 Å². The van der Waals surface area contributed by atoms with Gasteiger partial charge in [0.15, 0.2) is 0 Å². The molecule has 0 spiro atoms. The van der Waals surface area contributed by atoms with E-state index in [1.54, 1.807) is 0 Å². The van der Waals surface area contributed by atoms with E-state index >= 15 is 0 Å². The summed E-state index contributed by atoms with van der Waals surface area (Å²) in [6.07, 6.45) is 5.80. The molecule has 6 rings (SSSR count). The minimum Gasteiger partial charge on any atom is -0.349 e. The van der Waals surface area contributed by atoms with Crippen LogP contribution in [0.1, 0.15) is 58.3 Å². The third-order valence-electron chi connectivity index (χ3n) is 7.81. The molecule has 0 bridgehead atoms. The molecule has 1 saturated carbocycles. The first-order valence-corrected chi connectivity index (χ1v) is 13.8. The first kappa shape index (κ1) is 25.3. The first-order valence-electron chi connectivity index (χ1n) is 13.8. The Morgan fingerprint density at radius 3 is 2.56 bits per heavy atom. The molecule has 0 radical (unpaired) electrons. The van der Waals surface area contributed by atoms with Gasteiger partial charge < -0.3 is 21.3 Å². The number of aliphatic imine (C=N–C) groups is 1. The molecule has 3 aromatic rings. The normalized spacial score (nSPS) is 21.1. The minimum atomic E-state index is -0.487. The van der Waals surface area contributed by atoms with Crippen LogP contribution in [0, 0.1) is 6.92 Å². The van der Waals surface area contributed by atoms with Crippen molar-refractivity contribution in [3.63, 3.8) is 0 Å². The Labute approximate surface area is 230 Å². The van der Waals surface area contributed by atoms with E-state index in [0.717, 1.165) is 54.0 Å². The smallest absolute Gasteiger partial charge is 0.251 e. The molecular weight excluding hydrogens is 482 g/mol. The number of anilines is 1. The van der Waals surface area contributed by atoms with E-state index in [2.05, 4.69) is 72.2 Å². The van der Waals surface area contributed by atoms with Crippen LogP contribution in [0.4, 0.5) is 5.69 Å². The van der Waals surface area contributed by atoms with Gasteiger partial charge in [-0.25, -0.2) is 4.99 Å². The van der Waals surface area contributed by atoms with E-state index in [0.29, 0.717) is 11.6 Å². The lowest BCUT2D eigenvalue weighted by Crippen LogP contribution is -2.39. The third kappa shape index (κ3) is 4.93. The van der Waals surface area contributed by atoms with Crippen LogP contribution >= 0.6 is 0 Å². The SMILES string of the molecule is CCNCC1=CC(C(=C2N=CN(c3cc(C(=O)NC4CC4)ccc3C)C2N)c2ccccc2)c2ccccc21. The molecule has 1 aliphatic heterocycles. The fraction of sp³-hybridized carbons (Fsp3) is 0.273. The monoisotopic (exact) mass is 517 g/mol. The summed E-state index contributed by atoms with van der Waals surface area (Å²) in [7, 11) is 0. The van der Waals surface area contributed by atoms with Crippen molar-refractivity contribution in [3.8, 4) is 0 Å². The molecule has 4 N–H and O–H groups in total. The maximum Gasteiger partial charge on any atom is 0.251 e. The van der Waals surface area contributed by atoms with Crippen LogP contribution in [-0.2, 0) is 0 Å². The molecular formula is C33H35N5O. The van der Waals surface area contributed by atoms with Gasteiger partial charge in [0.2, 0.25) is 0 Å². The lowest BCUT2D eigenvalue weighted by molar-refractivity contribution is 0.0951. The summed E-state index contributed by atoms with van der Waals surface area (Å²) in [5, 5.41) is 6.58. The van der Waals surface area contributed by atoms with Gasteiger partial charge in [-0.15, -0.1) is 0 Å². The van der Waals surface area contributed by atoms with Crippen LogP contribution in [0.25, 0.3) is 11.1 Å². The predicted octanol–water partition coefficient (Wildman–Crippen LogP) is 5.22. The first-order chi connectivity index (χ1) is 19.0. The zero-order valence-corrected chi connectivity index (χ0v) is 22.5. The van der Waals surface area contributed by atoms with E-state index in [4.69, 9.17) is 10.7 Å². The average Bonchev–Trinajstić information content (AvgIpc) is 3.60. The highest BCUT2D eigenvalue weighted by atomic mass is 16.1. The quantitative estimate of drug-likeness (QED) is 0.383. The van der Waals surface area contributed by atoms with Crippen molar-refractivity contribution in [2.24, 2.45) is 10.7 Å². The summed E-state index contributed by atoms with van der Waals surface area (Å²) in [5.41, 5.74) is 16.5. The van der Waals surface area contributed by atoms with Crippen molar-refractivity contribution < 1.29 is 4.79 Å². The van der Waals surface area contributed by atoms with Gasteiger partial charge in [-0.1, -0.05) is 73.7 Å². The molecule has 3 aliphatic rings. The van der Waals surface area contributed by atoms with Gasteiger partial charge in [-0.3, -0.25) is 4.79 Å². The van der Waals surface area contributed by atoms with Gasteiger partial charge in [-0.05, 0) is 71.8 Å². The second kappa shape index (κ2) is 10.6. The fourth-order valence-corrected chi connectivity index (χ4v) is 5.57. The summed E-state index contributed by atoms with van der Waals surface area (Å²) in [5.74, 6) is -0.00253. The molecule has 0 saturated heterocycles. The topological polar surface area (TPSA) is 82.8 Å². The summed E-state index contributed by atoms with van der Waals surface area (Å²) in [6.45, 7) is 5.90. The van der Waals surface area contributed by atoms with Crippen LogP contribution < -0.4 is 21.3 Å². The Balaban J connectivity index is 1.41. The molecule has 6 nitrogen and oxygen atoms in total. The Hall–Kier alpha value is -4.00. The Morgan fingerprint density at radius 2 is 1.79 bits per heavy atom. The number of rotatable bonds is 8. The molecule has 1 amide bonds. The number of nitrogens with zero attached hydrogens (tertiary/aromatic N) is 2. The van der Waals surface area contributed by atoms with Crippen molar-refractivity contribution in [1.82, 2.24) is 10.6 Å². The standard InChI is InChI=1S/C33H35N5O/c1-3-35-19-24-17-28(27-12-8-7-11-26(24)27)30(22-9-5-4-6-10-22)31-32(34)38(20-36-31)29-18-23(14-13-21(29)2)33(39)37-25-15-16-25/h4-14,17-18,20,25,28,32,35H,3,15-16,19,34H2,1-2H3,(H,37,39). The van der Waals surface area contributed by atoms with Crippen LogP contribution in [0.15, 0.2) is 89.6 Å². The fourth-order valence-electron chi connectivity index (χ4n) is 5.57. The number of carbonyl (C=O) groups excluding carboxylic acids is 1. The maximum atomic E-state index is 12.8. The van der Waals surface area contributed by atoms with Gasteiger partial charge in [-0.2, -0.15) is 0 Å². The van der Waals surface area contributed by atoms with Gasteiger partial charge in [0.1, 0.15) is 6.17 Å². The zero-order valence-electron chi connectivity index (χ0n) is 22.5. The molecule has 2 aliphatic carbocycles. The van der Waals surface area contributed by atoms with Crippen molar-refractivity contribution in [1.29, 1.82) is 0 Å². The number of allylic oxidation sites excluding steroid dienone is 2. The highest BCUT2D eigenvalue weighted by Gasteiger charge is 2.34. The number of benzene rings is 3. The van der Waals surface area contributed by atoms with Crippen LogP contribution in [0.2, 0.25) is 0 Å². The van der Waals surface area contributed by atoms with E-state index in [-0.39, 0.29) is 11.8 Å². The number of hydrogen-bond donors (Lipinski definition) is 3. The summed E-state index contributed by atoms with van der Waals surface area (Å²) < 4.78 is 0. The molecule has 6 heteroatoms. The van der Waals surface area contributed by atoms with E-state index in [9.17, 15) is 4.79 Å². The maximum absolute atomic E-state index is 12.8. The predicted molar refractivity (Wildman–Crippen MR) is 160 cm³/mol. The zero-order chi connectivity index (χ0) is 26.9. The van der Waals surface area contributed by atoms with E-state index in [1.165, 1.54) is 16.7 Å². The molecule has 1 fully saturated rings. The number of carbonyl (C=O) groups is 1. The summed E-state index contributed by atoms with van der Waals surface area (Å²) in [6, 6.07) is 25.2. The van der Waals surface area contributed by atoms with Crippen LogP contribution in [0.5, 0.6) is 0 Å². The molecule has 2 atom stereocenters. The molecule has 1 heterocycles. The number of nitrogens with two attached hydrogens (primary N) is 1. The molecule has 198 valence electrons. The van der Waals surface area contributed by atoms with Gasteiger partial charge >= 0.3 is 0 Å². The van der Waals surface area contributed by atoms with Gasteiger partial charge in [0.05, 0.1) is 12.0 Å². The summed E-state index contributed by atoms with van der Waals surface area (Å²) in [4.78, 5) is 19.7. The highest BCUT2D eigenvalue weighted by Crippen LogP contribution is 2.46. The largest absolute Gasteiger partial charge is 0.349 e. The van der Waals surface area contributed by atoms with Crippen molar-refractivity contribution in [3.05, 3.63) is 112 Å².